The molecule has 0 aliphatic rings. The van der Waals surface area contributed by atoms with Crippen LogP contribution >= 0.6 is 0 Å². The van der Waals surface area contributed by atoms with Crippen LogP contribution in [0.15, 0.2) is 285 Å². The van der Waals surface area contributed by atoms with Gasteiger partial charge < -0.3 is 4.90 Å². The normalized spacial score (nSPS) is 11.1. The Bertz CT molecular complexity index is 3550. The van der Waals surface area contributed by atoms with Gasteiger partial charge in [0, 0.05) is 33.9 Å². The summed E-state index contributed by atoms with van der Waals surface area (Å²) in [6.45, 7) is 0. The summed E-state index contributed by atoms with van der Waals surface area (Å²) in [6.07, 6.45) is 0. The van der Waals surface area contributed by atoms with Crippen LogP contribution in [-0.2, 0) is 0 Å². The van der Waals surface area contributed by atoms with Crippen molar-refractivity contribution in [3.05, 3.63) is 285 Å². The van der Waals surface area contributed by atoms with Crippen LogP contribution < -0.4 is 4.90 Å². The Morgan fingerprint density at radius 2 is 0.586 bits per heavy atom. The van der Waals surface area contributed by atoms with Gasteiger partial charge in [-0.25, -0.2) is 4.98 Å². The summed E-state index contributed by atoms with van der Waals surface area (Å²) in [4.78, 5) is 7.70. The molecule has 0 fully saturated rings. The van der Waals surface area contributed by atoms with E-state index in [-0.39, 0.29) is 0 Å². The lowest BCUT2D eigenvalue weighted by Gasteiger charge is -2.26. The number of para-hydroxylation sites is 2. The summed E-state index contributed by atoms with van der Waals surface area (Å²) in [7, 11) is 0. The van der Waals surface area contributed by atoms with Gasteiger partial charge in [0.2, 0.25) is 0 Å². The molecule has 1 aromatic heterocycles. The highest BCUT2D eigenvalue weighted by Crippen LogP contribution is 2.40. The van der Waals surface area contributed by atoms with Crippen LogP contribution in [0, 0.1) is 0 Å². The van der Waals surface area contributed by atoms with E-state index < -0.39 is 0 Å². The molecule has 3 nitrogen and oxygen atoms in total. The number of benzene rings is 11. The highest BCUT2D eigenvalue weighted by Gasteiger charge is 2.19. The molecule has 0 atom stereocenters. The van der Waals surface area contributed by atoms with Crippen molar-refractivity contribution < 1.29 is 0 Å². The number of imidazole rings is 1. The molecule has 0 saturated heterocycles. The zero-order valence-electron chi connectivity index (χ0n) is 38.5. The van der Waals surface area contributed by atoms with Gasteiger partial charge in [-0.05, 0) is 122 Å². The van der Waals surface area contributed by atoms with Gasteiger partial charge >= 0.3 is 0 Å². The summed E-state index contributed by atoms with van der Waals surface area (Å²) in [5.74, 6) is 0.921. The number of anilines is 3. The van der Waals surface area contributed by atoms with E-state index in [0.29, 0.717) is 0 Å². The van der Waals surface area contributed by atoms with E-state index in [1.54, 1.807) is 0 Å². The topological polar surface area (TPSA) is 21.1 Å². The minimum Gasteiger partial charge on any atom is -0.311 e. The lowest BCUT2D eigenvalue weighted by atomic mass is 9.98. The highest BCUT2D eigenvalue weighted by atomic mass is 15.1. The van der Waals surface area contributed by atoms with Crippen molar-refractivity contribution in [2.75, 3.05) is 4.90 Å². The maximum absolute atomic E-state index is 5.36. The predicted molar refractivity (Wildman–Crippen MR) is 294 cm³/mol. The van der Waals surface area contributed by atoms with Gasteiger partial charge in [-0.15, -0.1) is 0 Å². The first-order valence-corrected chi connectivity index (χ1v) is 23.9. The molecule has 1 heterocycles. The zero-order valence-corrected chi connectivity index (χ0v) is 38.5. The molecule has 0 aliphatic heterocycles. The number of hydrogen-bond acceptors (Lipinski definition) is 2. The molecule has 12 aromatic rings. The molecule has 12 rings (SSSR count). The molecule has 70 heavy (non-hydrogen) atoms. The molecule has 0 aliphatic carbocycles. The van der Waals surface area contributed by atoms with Gasteiger partial charge in [-0.3, -0.25) is 4.57 Å². The molecule has 0 unspecified atom stereocenters. The first-order chi connectivity index (χ1) is 34.7. The molecule has 0 N–H and O–H groups in total. The molecule has 11 aromatic carbocycles. The van der Waals surface area contributed by atoms with Crippen molar-refractivity contribution in [1.29, 1.82) is 0 Å². The van der Waals surface area contributed by atoms with Crippen LogP contribution in [-0.4, -0.2) is 9.55 Å². The second-order valence-electron chi connectivity index (χ2n) is 17.6. The number of nitrogens with zero attached hydrogens (tertiary/aromatic N) is 3. The van der Waals surface area contributed by atoms with E-state index in [9.17, 15) is 0 Å². The second kappa shape index (κ2) is 18.8. The molecule has 0 bridgehead atoms. The van der Waals surface area contributed by atoms with Gasteiger partial charge in [0.25, 0.3) is 0 Å². The summed E-state index contributed by atoms with van der Waals surface area (Å²) in [5.41, 5.74) is 21.5. The lowest BCUT2D eigenvalue weighted by molar-refractivity contribution is 1.10. The van der Waals surface area contributed by atoms with Crippen molar-refractivity contribution in [2.24, 2.45) is 0 Å². The Morgan fingerprint density at radius 1 is 0.257 bits per heavy atom. The Hall–Kier alpha value is -9.31. The highest BCUT2D eigenvalue weighted by molar-refractivity contribution is 5.96. The third kappa shape index (κ3) is 8.38. The van der Waals surface area contributed by atoms with E-state index in [4.69, 9.17) is 4.98 Å². The predicted octanol–water partition coefficient (Wildman–Crippen LogP) is 18.2. The first kappa shape index (κ1) is 42.1. The maximum atomic E-state index is 5.36. The van der Waals surface area contributed by atoms with Gasteiger partial charge in [0.1, 0.15) is 5.82 Å². The third-order valence-corrected chi connectivity index (χ3v) is 13.3. The van der Waals surface area contributed by atoms with Crippen molar-refractivity contribution in [1.82, 2.24) is 9.55 Å². The van der Waals surface area contributed by atoms with Gasteiger partial charge in [0.05, 0.1) is 11.0 Å². The summed E-state index contributed by atoms with van der Waals surface area (Å²) in [6, 6.07) is 102. The third-order valence-electron chi connectivity index (χ3n) is 13.3. The maximum Gasteiger partial charge on any atom is 0.145 e. The van der Waals surface area contributed by atoms with E-state index in [1.165, 1.54) is 44.5 Å². The fourth-order valence-electron chi connectivity index (χ4n) is 9.65. The fraction of sp³-hybridized carbons (Fsp3) is 0. The van der Waals surface area contributed by atoms with Crippen molar-refractivity contribution >= 4 is 28.1 Å². The quantitative estimate of drug-likeness (QED) is 0.129. The molecule has 330 valence electrons. The van der Waals surface area contributed by atoms with Gasteiger partial charge in [-0.1, -0.05) is 224 Å². The monoisotopic (exact) mass is 893 g/mol. The minimum absolute atomic E-state index is 0.921. The molecule has 3 heteroatoms. The van der Waals surface area contributed by atoms with Crippen molar-refractivity contribution in [3.8, 4) is 83.8 Å². The SMILES string of the molecule is c1ccc(-c2ccc(-c3ccc(N(c4ccc(-c5ccc(-c6ccccc6)cc5)cc4)c4ccc(-c5cccc(-c6cccc7c6nc(-c6ccccc6)n7-c6ccccc6)c5)cc4)cc3)cc2)cc1. The van der Waals surface area contributed by atoms with Crippen molar-refractivity contribution in [2.45, 2.75) is 0 Å². The first-order valence-electron chi connectivity index (χ1n) is 23.9. The number of hydrogen-bond donors (Lipinski definition) is 0. The second-order valence-corrected chi connectivity index (χ2v) is 17.6. The van der Waals surface area contributed by atoms with E-state index in [2.05, 4.69) is 295 Å². The van der Waals surface area contributed by atoms with Crippen LogP contribution in [0.1, 0.15) is 0 Å². The number of aromatic nitrogens is 2. The molecular weight excluding hydrogens is 847 g/mol. The largest absolute Gasteiger partial charge is 0.311 e. The molecule has 0 saturated carbocycles. The van der Waals surface area contributed by atoms with Crippen LogP contribution in [0.2, 0.25) is 0 Å². The van der Waals surface area contributed by atoms with Crippen molar-refractivity contribution in [3.63, 3.8) is 0 Å². The fourth-order valence-corrected chi connectivity index (χ4v) is 9.65. The average molecular weight is 894 g/mol. The lowest BCUT2D eigenvalue weighted by Crippen LogP contribution is -2.09. The Labute approximate surface area is 409 Å². The minimum atomic E-state index is 0.921. The Balaban J connectivity index is 0.877. The van der Waals surface area contributed by atoms with Crippen LogP contribution in [0.5, 0.6) is 0 Å². The van der Waals surface area contributed by atoms with Crippen LogP contribution in [0.25, 0.3) is 94.9 Å². The molecular formula is C67H47N3. The van der Waals surface area contributed by atoms with Gasteiger partial charge in [0.15, 0.2) is 0 Å². The van der Waals surface area contributed by atoms with Gasteiger partial charge in [-0.2, -0.15) is 0 Å². The number of fused-ring (bicyclic) bond motifs is 1. The van der Waals surface area contributed by atoms with E-state index in [0.717, 1.165) is 67.4 Å². The van der Waals surface area contributed by atoms with E-state index >= 15 is 0 Å². The molecule has 0 spiro atoms. The van der Waals surface area contributed by atoms with E-state index in [1.807, 2.05) is 0 Å². The average Bonchev–Trinajstić information content (AvgIpc) is 3.85. The summed E-state index contributed by atoms with van der Waals surface area (Å²) in [5, 5.41) is 0. The molecule has 0 amide bonds. The molecule has 0 radical (unpaired) electrons. The summed E-state index contributed by atoms with van der Waals surface area (Å²) < 4.78 is 2.27. The standard InChI is InChI=1S/C67H47N3/c1-5-15-48(16-6-1)50-27-31-52(32-28-50)54-35-41-61(42-36-54)69(62-43-37-55(38-44-62)53-33-29-51(30-34-53)49-17-7-2-8-18-49)63-45-39-56(40-46-63)58-21-13-22-59(47-58)64-25-14-26-65-66(64)68-67(57-19-9-3-10-20-57)70(65)60-23-11-4-12-24-60/h1-47H. The Morgan fingerprint density at radius 3 is 1.03 bits per heavy atom. The summed E-state index contributed by atoms with van der Waals surface area (Å²) >= 11 is 0. The number of rotatable bonds is 11. The smallest absolute Gasteiger partial charge is 0.145 e. The van der Waals surface area contributed by atoms with Crippen LogP contribution in [0.4, 0.5) is 17.1 Å². The Kier molecular flexibility index (Phi) is 11.3. The van der Waals surface area contributed by atoms with Crippen LogP contribution in [0.3, 0.4) is 0 Å². The zero-order chi connectivity index (χ0) is 46.6.